The number of aliphatic carboxylic acids is 1. The summed E-state index contributed by atoms with van der Waals surface area (Å²) in [6, 6.07) is 0. The van der Waals surface area contributed by atoms with Crippen molar-refractivity contribution in [3.8, 4) is 0 Å². The Morgan fingerprint density at radius 1 is 1.30 bits per heavy atom. The second kappa shape index (κ2) is 7.85. The zero-order valence-electron chi connectivity index (χ0n) is 10.8. The third kappa shape index (κ3) is 5.17. The summed E-state index contributed by atoms with van der Waals surface area (Å²) in [5, 5.41) is 15.3. The lowest BCUT2D eigenvalue weighted by atomic mass is 10.1. The van der Waals surface area contributed by atoms with Crippen molar-refractivity contribution in [2.75, 3.05) is 5.43 Å². The number of anilines is 1. The van der Waals surface area contributed by atoms with Gasteiger partial charge >= 0.3 is 12.1 Å². The van der Waals surface area contributed by atoms with Crippen LogP contribution in [0, 0.1) is 0 Å². The van der Waals surface area contributed by atoms with Gasteiger partial charge in [0.2, 0.25) is 0 Å². The van der Waals surface area contributed by atoms with E-state index in [0.717, 1.165) is 24.0 Å². The molecule has 0 atom stereocenters. The first-order valence-electron chi connectivity index (χ1n) is 5.49. The summed E-state index contributed by atoms with van der Waals surface area (Å²) in [7, 11) is 0. The van der Waals surface area contributed by atoms with E-state index in [1.54, 1.807) is 0 Å². The standard InChI is InChI=1S/C8H13ClN4.C2HF3O2/c1-3-5-6(4-2)8(11-10)13-12-7(5)9;3-2(4,5)1(6)7/h3-4,10H2,1-2H3,(H,11,13);(H,6,7). The number of alkyl halides is 3. The Bertz CT molecular complexity index is 469. The van der Waals surface area contributed by atoms with E-state index in [1.165, 1.54) is 0 Å². The molecule has 0 bridgehead atoms. The van der Waals surface area contributed by atoms with E-state index in [1.807, 2.05) is 13.8 Å². The minimum Gasteiger partial charge on any atom is -0.475 e. The number of carboxylic acid groups (broad SMARTS) is 1. The summed E-state index contributed by atoms with van der Waals surface area (Å²) in [5.41, 5.74) is 4.58. The third-order valence-electron chi connectivity index (χ3n) is 2.22. The van der Waals surface area contributed by atoms with Crippen LogP contribution in [-0.4, -0.2) is 27.4 Å². The molecule has 10 heteroatoms. The van der Waals surface area contributed by atoms with E-state index in [-0.39, 0.29) is 0 Å². The summed E-state index contributed by atoms with van der Waals surface area (Å²) in [6.45, 7) is 4.07. The molecular weight excluding hydrogens is 301 g/mol. The van der Waals surface area contributed by atoms with Crippen LogP contribution >= 0.6 is 11.6 Å². The predicted molar refractivity (Wildman–Crippen MR) is 67.3 cm³/mol. The Labute approximate surface area is 118 Å². The van der Waals surface area contributed by atoms with E-state index < -0.39 is 12.1 Å². The lowest BCUT2D eigenvalue weighted by molar-refractivity contribution is -0.192. The highest BCUT2D eigenvalue weighted by molar-refractivity contribution is 6.30. The van der Waals surface area contributed by atoms with Gasteiger partial charge in [0, 0.05) is 5.56 Å². The van der Waals surface area contributed by atoms with Gasteiger partial charge in [0.25, 0.3) is 0 Å². The van der Waals surface area contributed by atoms with Crippen LogP contribution in [0.15, 0.2) is 0 Å². The van der Waals surface area contributed by atoms with E-state index in [2.05, 4.69) is 15.6 Å². The van der Waals surface area contributed by atoms with Gasteiger partial charge in [-0.3, -0.25) is 0 Å². The van der Waals surface area contributed by atoms with Gasteiger partial charge in [-0.15, -0.1) is 10.2 Å². The molecule has 114 valence electrons. The molecule has 1 rings (SSSR count). The van der Waals surface area contributed by atoms with Crippen LogP contribution in [0.2, 0.25) is 5.15 Å². The molecule has 0 unspecified atom stereocenters. The minimum absolute atomic E-state index is 0.471. The number of rotatable bonds is 3. The third-order valence-corrected chi connectivity index (χ3v) is 2.53. The topological polar surface area (TPSA) is 101 Å². The molecule has 4 N–H and O–H groups in total. The number of nitrogens with zero attached hydrogens (tertiary/aromatic N) is 2. The van der Waals surface area contributed by atoms with Gasteiger partial charge in [-0.05, 0) is 18.4 Å². The Hall–Kier alpha value is -1.61. The molecule has 0 saturated carbocycles. The Kier molecular flexibility index (Phi) is 7.22. The van der Waals surface area contributed by atoms with Crippen LogP contribution in [0.1, 0.15) is 25.0 Å². The number of hydrogen-bond donors (Lipinski definition) is 3. The lowest BCUT2D eigenvalue weighted by Crippen LogP contribution is -2.21. The number of nitrogens with two attached hydrogens (primary N) is 1. The van der Waals surface area contributed by atoms with Crippen molar-refractivity contribution in [3.05, 3.63) is 16.3 Å². The quantitative estimate of drug-likeness (QED) is 0.584. The largest absolute Gasteiger partial charge is 0.490 e. The molecule has 1 aromatic rings. The summed E-state index contributed by atoms with van der Waals surface area (Å²) < 4.78 is 31.7. The van der Waals surface area contributed by atoms with Crippen molar-refractivity contribution in [2.45, 2.75) is 32.9 Å². The molecule has 0 aliphatic heterocycles. The highest BCUT2D eigenvalue weighted by Crippen LogP contribution is 2.23. The number of hydrazine groups is 1. The van der Waals surface area contributed by atoms with Crippen molar-refractivity contribution < 1.29 is 23.1 Å². The first-order chi connectivity index (χ1) is 9.18. The lowest BCUT2D eigenvalue weighted by Gasteiger charge is -2.10. The van der Waals surface area contributed by atoms with Gasteiger partial charge in [-0.25, -0.2) is 10.6 Å². The summed E-state index contributed by atoms with van der Waals surface area (Å²) >= 11 is 5.90. The maximum Gasteiger partial charge on any atom is 0.490 e. The summed E-state index contributed by atoms with van der Waals surface area (Å²) in [6.07, 6.45) is -3.40. The van der Waals surface area contributed by atoms with Crippen LogP contribution in [0.3, 0.4) is 0 Å². The fourth-order valence-corrected chi connectivity index (χ4v) is 1.62. The van der Waals surface area contributed by atoms with Crippen LogP contribution in [-0.2, 0) is 17.6 Å². The molecule has 0 saturated heterocycles. The normalized spacial score (nSPS) is 10.6. The molecule has 0 radical (unpaired) electrons. The zero-order chi connectivity index (χ0) is 15.9. The van der Waals surface area contributed by atoms with E-state index in [4.69, 9.17) is 27.3 Å². The van der Waals surface area contributed by atoms with Crippen LogP contribution in [0.25, 0.3) is 0 Å². The smallest absolute Gasteiger partial charge is 0.475 e. The van der Waals surface area contributed by atoms with Crippen molar-refractivity contribution in [1.82, 2.24) is 10.2 Å². The SMILES string of the molecule is CCc1c(Cl)nnc(NN)c1CC.O=C(O)C(F)(F)F. The van der Waals surface area contributed by atoms with Gasteiger partial charge in [0.15, 0.2) is 11.0 Å². The highest BCUT2D eigenvalue weighted by atomic mass is 35.5. The first kappa shape index (κ1) is 18.4. The maximum absolute atomic E-state index is 10.6. The number of carbonyl (C=O) groups is 1. The van der Waals surface area contributed by atoms with Gasteiger partial charge in [-0.2, -0.15) is 13.2 Å². The second-order valence-electron chi connectivity index (χ2n) is 3.45. The van der Waals surface area contributed by atoms with Crippen molar-refractivity contribution in [3.63, 3.8) is 0 Å². The van der Waals surface area contributed by atoms with Crippen LogP contribution < -0.4 is 11.3 Å². The molecule has 6 nitrogen and oxygen atoms in total. The molecule has 0 spiro atoms. The molecule has 0 aliphatic carbocycles. The Morgan fingerprint density at radius 2 is 1.75 bits per heavy atom. The number of carboxylic acids is 1. The van der Waals surface area contributed by atoms with Crippen LogP contribution in [0.5, 0.6) is 0 Å². The van der Waals surface area contributed by atoms with Gasteiger partial charge in [0.05, 0.1) is 0 Å². The monoisotopic (exact) mass is 314 g/mol. The molecule has 0 fully saturated rings. The van der Waals surface area contributed by atoms with E-state index in [9.17, 15) is 13.2 Å². The van der Waals surface area contributed by atoms with E-state index in [0.29, 0.717) is 11.0 Å². The van der Waals surface area contributed by atoms with Gasteiger partial charge in [0.1, 0.15) is 0 Å². The molecule has 0 aliphatic rings. The predicted octanol–water partition coefficient (Wildman–Crippen LogP) is 2.17. The minimum atomic E-state index is -5.08. The highest BCUT2D eigenvalue weighted by Gasteiger charge is 2.38. The molecule has 1 aromatic heterocycles. The zero-order valence-corrected chi connectivity index (χ0v) is 11.5. The summed E-state index contributed by atoms with van der Waals surface area (Å²) in [4.78, 5) is 8.90. The molecule has 0 amide bonds. The average molecular weight is 315 g/mol. The average Bonchev–Trinajstić information content (AvgIpc) is 2.37. The molecule has 0 aromatic carbocycles. The molecule has 1 heterocycles. The fraction of sp³-hybridized carbons (Fsp3) is 0.500. The number of nitrogens with one attached hydrogen (secondary N) is 1. The Balaban J connectivity index is 0.000000441. The number of hydrogen-bond acceptors (Lipinski definition) is 5. The van der Waals surface area contributed by atoms with Crippen molar-refractivity contribution in [1.29, 1.82) is 0 Å². The summed E-state index contributed by atoms with van der Waals surface area (Å²) in [5.74, 6) is 3.16. The van der Waals surface area contributed by atoms with Crippen LogP contribution in [0.4, 0.5) is 19.0 Å². The molecular formula is C10H14ClF3N4O2. The first-order valence-corrected chi connectivity index (χ1v) is 5.87. The maximum atomic E-state index is 10.6. The number of nitrogen functional groups attached to an aromatic ring is 1. The molecule has 20 heavy (non-hydrogen) atoms. The van der Waals surface area contributed by atoms with Gasteiger partial charge in [-0.1, -0.05) is 25.4 Å². The Morgan fingerprint density at radius 3 is 2.05 bits per heavy atom. The van der Waals surface area contributed by atoms with Gasteiger partial charge < -0.3 is 10.5 Å². The van der Waals surface area contributed by atoms with Crippen molar-refractivity contribution >= 4 is 23.4 Å². The van der Waals surface area contributed by atoms with Crippen molar-refractivity contribution in [2.24, 2.45) is 5.84 Å². The number of halogens is 4. The fourth-order valence-electron chi connectivity index (χ4n) is 1.34. The second-order valence-corrected chi connectivity index (χ2v) is 3.81. The number of aromatic nitrogens is 2. The van der Waals surface area contributed by atoms with E-state index >= 15 is 0 Å².